The van der Waals surface area contributed by atoms with E-state index in [0.29, 0.717) is 22.5 Å². The molecule has 0 aliphatic heterocycles. The molecule has 0 saturated heterocycles. The van der Waals surface area contributed by atoms with Gasteiger partial charge in [0.25, 0.3) is 33.9 Å². The molecule has 5 aromatic heterocycles. The van der Waals surface area contributed by atoms with Crippen LogP contribution in [0.3, 0.4) is 0 Å². The first-order valence-electron chi connectivity index (χ1n) is 11.0. The van der Waals surface area contributed by atoms with E-state index in [-0.39, 0.29) is 28.7 Å². The number of aromatic nitrogens is 9. The molecule has 0 atom stereocenters. The number of ether oxygens (including phenoxy) is 4. The molecule has 0 spiro atoms. The summed E-state index contributed by atoms with van der Waals surface area (Å²) in [5.41, 5.74) is 2.11. The summed E-state index contributed by atoms with van der Waals surface area (Å²) < 4.78 is 24.5. The number of hydrogen-bond donors (Lipinski definition) is 2. The Labute approximate surface area is 220 Å². The highest BCUT2D eigenvalue weighted by atomic mass is 32.1. The van der Waals surface area contributed by atoms with Crippen LogP contribution in [0.15, 0.2) is 66.4 Å². The first-order chi connectivity index (χ1) is 18.8. The average Bonchev–Trinajstić information content (AvgIpc) is 3.73. The van der Waals surface area contributed by atoms with E-state index in [9.17, 15) is 0 Å². The molecule has 7 aromatic rings. The number of nitrogens with zero attached hydrogens (tertiary/aromatic N) is 7. The van der Waals surface area contributed by atoms with Gasteiger partial charge >= 0.3 is 6.01 Å². The molecule has 13 nitrogen and oxygen atoms in total. The molecule has 38 heavy (non-hydrogen) atoms. The molecule has 0 aliphatic rings. The summed E-state index contributed by atoms with van der Waals surface area (Å²) in [6.07, 6.45) is 4.88. The summed E-state index contributed by atoms with van der Waals surface area (Å²) in [5.74, 6) is 0.528. The zero-order chi connectivity index (χ0) is 25.3. The van der Waals surface area contributed by atoms with Gasteiger partial charge in [0.2, 0.25) is 0 Å². The Morgan fingerprint density at radius 3 is 2.53 bits per heavy atom. The van der Waals surface area contributed by atoms with Crippen molar-refractivity contribution in [1.29, 1.82) is 0 Å². The van der Waals surface area contributed by atoms with Gasteiger partial charge in [-0.2, -0.15) is 9.97 Å². The van der Waals surface area contributed by atoms with Gasteiger partial charge in [0, 0.05) is 24.0 Å². The first-order valence-corrected chi connectivity index (χ1v) is 12.7. The number of para-hydroxylation sites is 3. The van der Waals surface area contributed by atoms with Crippen molar-refractivity contribution in [1.82, 2.24) is 45.3 Å². The van der Waals surface area contributed by atoms with Crippen LogP contribution in [0.4, 0.5) is 0 Å². The van der Waals surface area contributed by atoms with Crippen LogP contribution < -0.4 is 18.9 Å². The molecule has 0 amide bonds. The summed E-state index contributed by atoms with van der Waals surface area (Å²) in [7, 11) is 0. The maximum absolute atomic E-state index is 6.03. The zero-order valence-electron chi connectivity index (χ0n) is 18.9. The van der Waals surface area contributed by atoms with Crippen molar-refractivity contribution in [3.05, 3.63) is 66.4 Å². The largest absolute Gasteiger partial charge is 0.423 e. The number of hydrogen-bond acceptors (Lipinski definition) is 13. The van der Waals surface area contributed by atoms with Crippen LogP contribution in [-0.4, -0.2) is 45.3 Å². The summed E-state index contributed by atoms with van der Waals surface area (Å²) in [5, 5.41) is 14.2. The molecule has 0 radical (unpaired) electrons. The predicted octanol–water partition coefficient (Wildman–Crippen LogP) is 5.71. The quantitative estimate of drug-likeness (QED) is 0.242. The number of aromatic amines is 2. The molecule has 0 aliphatic carbocycles. The summed E-state index contributed by atoms with van der Waals surface area (Å²) in [6.45, 7) is 0. The van der Waals surface area contributed by atoms with Crippen LogP contribution in [0.25, 0.3) is 21.3 Å². The molecule has 186 valence electrons. The third-order valence-corrected chi connectivity index (χ3v) is 6.59. The maximum Gasteiger partial charge on any atom is 0.301 e. The van der Waals surface area contributed by atoms with Gasteiger partial charge in [0.05, 0.1) is 15.7 Å². The molecule has 0 fully saturated rings. The molecule has 0 bridgehead atoms. The number of fused-ring (bicyclic) bond motifs is 2. The van der Waals surface area contributed by atoms with E-state index < -0.39 is 0 Å². The second kappa shape index (κ2) is 9.38. The van der Waals surface area contributed by atoms with Crippen LogP contribution in [0, 0.1) is 0 Å². The van der Waals surface area contributed by atoms with Crippen molar-refractivity contribution < 1.29 is 18.9 Å². The highest BCUT2D eigenvalue weighted by Gasteiger charge is 2.23. The smallest absolute Gasteiger partial charge is 0.301 e. The summed E-state index contributed by atoms with van der Waals surface area (Å²) in [6, 6.07) is 13.6. The minimum absolute atomic E-state index is 0.0196. The maximum atomic E-state index is 6.03. The van der Waals surface area contributed by atoms with Gasteiger partial charge in [-0.3, -0.25) is 0 Å². The van der Waals surface area contributed by atoms with Crippen molar-refractivity contribution >= 4 is 43.9 Å². The van der Waals surface area contributed by atoms with Crippen molar-refractivity contribution in [2.24, 2.45) is 0 Å². The Morgan fingerprint density at radius 1 is 0.763 bits per heavy atom. The van der Waals surface area contributed by atoms with E-state index in [1.165, 1.54) is 22.7 Å². The van der Waals surface area contributed by atoms with Crippen molar-refractivity contribution in [2.45, 2.75) is 0 Å². The normalized spacial score (nSPS) is 11.2. The lowest BCUT2D eigenvalue weighted by atomic mass is 10.3. The topological polar surface area (TPSA) is 159 Å². The summed E-state index contributed by atoms with van der Waals surface area (Å²) in [4.78, 5) is 23.3. The fourth-order valence-electron chi connectivity index (χ4n) is 3.45. The monoisotopic (exact) mass is 543 g/mol. The number of nitrogens with one attached hydrogen (secondary N) is 2. The van der Waals surface area contributed by atoms with E-state index >= 15 is 0 Å². The minimum atomic E-state index is -0.0211. The van der Waals surface area contributed by atoms with Crippen molar-refractivity contribution in [2.75, 3.05) is 0 Å². The standard InChI is InChI=1S/C23H13N9O4S2/c1-2-5-13-12(4-1)27-21(28-13)35-18-17(34-22-26-10-11-37-22)19(31-32-30-18)36-23-29-16-14(6-3-7-15(16)38-23)33-20-24-8-9-25-20/h1-11H,(H,24,25)(H,27,28). The SMILES string of the molecule is c1ccc2[nH]c(Oc3nnnc(Oc4nc5c(Oc6ncc[nH]6)cccc5s4)c3Oc3nccs3)nc2c1. The Balaban J connectivity index is 1.24. The minimum Gasteiger partial charge on any atom is -0.423 e. The van der Waals surface area contributed by atoms with Crippen LogP contribution in [0.2, 0.25) is 0 Å². The zero-order valence-corrected chi connectivity index (χ0v) is 20.6. The third-order valence-electron chi connectivity index (χ3n) is 5.05. The number of H-pyrrole nitrogens is 2. The van der Waals surface area contributed by atoms with E-state index in [1.807, 2.05) is 36.4 Å². The Kier molecular flexibility index (Phi) is 5.45. The van der Waals surface area contributed by atoms with Crippen LogP contribution in [-0.2, 0) is 0 Å². The van der Waals surface area contributed by atoms with Gasteiger partial charge in [0.1, 0.15) is 5.52 Å². The lowest BCUT2D eigenvalue weighted by Gasteiger charge is -2.09. The fraction of sp³-hybridized carbons (Fsp3) is 0. The lowest BCUT2D eigenvalue weighted by molar-refractivity contribution is 0.344. The molecule has 5 heterocycles. The first kappa shape index (κ1) is 22.1. The van der Waals surface area contributed by atoms with Gasteiger partial charge in [-0.1, -0.05) is 51.1 Å². The van der Waals surface area contributed by atoms with Gasteiger partial charge in [-0.05, 0) is 29.5 Å². The van der Waals surface area contributed by atoms with Gasteiger partial charge < -0.3 is 28.9 Å². The highest BCUT2D eigenvalue weighted by Crippen LogP contribution is 2.43. The number of imidazole rings is 2. The fourth-order valence-corrected chi connectivity index (χ4v) is 4.77. The predicted molar refractivity (Wildman–Crippen MR) is 137 cm³/mol. The van der Waals surface area contributed by atoms with Crippen LogP contribution in [0.1, 0.15) is 0 Å². The van der Waals surface area contributed by atoms with Crippen LogP contribution in [0.5, 0.6) is 45.7 Å². The Morgan fingerprint density at radius 2 is 1.68 bits per heavy atom. The molecule has 15 heteroatoms. The Hall–Kier alpha value is -5.15. The molecule has 0 saturated carbocycles. The lowest BCUT2D eigenvalue weighted by Crippen LogP contribution is -2.01. The average molecular weight is 544 g/mol. The van der Waals surface area contributed by atoms with Crippen molar-refractivity contribution in [3.8, 4) is 45.7 Å². The van der Waals surface area contributed by atoms with E-state index in [1.54, 1.807) is 30.0 Å². The second-order valence-electron chi connectivity index (χ2n) is 7.47. The van der Waals surface area contributed by atoms with E-state index in [4.69, 9.17) is 18.9 Å². The number of thiazole rings is 2. The van der Waals surface area contributed by atoms with Gasteiger partial charge in [-0.15, -0.1) is 0 Å². The van der Waals surface area contributed by atoms with E-state index in [2.05, 4.69) is 45.3 Å². The second-order valence-corrected chi connectivity index (χ2v) is 9.32. The number of rotatable bonds is 8. The van der Waals surface area contributed by atoms with Crippen LogP contribution >= 0.6 is 22.7 Å². The van der Waals surface area contributed by atoms with Crippen molar-refractivity contribution in [3.63, 3.8) is 0 Å². The molecule has 2 aromatic carbocycles. The molecule has 7 rings (SSSR count). The van der Waals surface area contributed by atoms with Gasteiger partial charge in [-0.25, -0.2) is 9.97 Å². The molecule has 2 N–H and O–H groups in total. The Bertz CT molecular complexity index is 1820. The third kappa shape index (κ3) is 4.31. The molecular formula is C23H13N9O4S2. The number of benzene rings is 2. The highest BCUT2D eigenvalue weighted by molar-refractivity contribution is 7.20. The molecule has 0 unspecified atom stereocenters. The summed E-state index contributed by atoms with van der Waals surface area (Å²) >= 11 is 2.57. The van der Waals surface area contributed by atoms with Gasteiger partial charge in [0.15, 0.2) is 5.75 Å². The molecular weight excluding hydrogens is 530 g/mol. The van der Waals surface area contributed by atoms with E-state index in [0.717, 1.165) is 15.7 Å².